The molecular formula is C25H20ClNO4. The van der Waals surface area contributed by atoms with Gasteiger partial charge in [0.25, 0.3) is 11.7 Å². The van der Waals surface area contributed by atoms with Gasteiger partial charge in [-0.25, -0.2) is 0 Å². The maximum atomic E-state index is 13.1. The third kappa shape index (κ3) is 3.68. The summed E-state index contributed by atoms with van der Waals surface area (Å²) >= 11 is 6.10. The highest BCUT2D eigenvalue weighted by Gasteiger charge is 2.46. The molecule has 4 rings (SSSR count). The highest BCUT2D eigenvalue weighted by Crippen LogP contribution is 2.42. The van der Waals surface area contributed by atoms with E-state index in [4.69, 9.17) is 16.3 Å². The van der Waals surface area contributed by atoms with Gasteiger partial charge in [0.2, 0.25) is 0 Å². The Bertz CT molecular complexity index is 1190. The minimum atomic E-state index is -0.773. The van der Waals surface area contributed by atoms with Gasteiger partial charge in [0, 0.05) is 11.3 Å². The molecule has 0 saturated carbocycles. The summed E-state index contributed by atoms with van der Waals surface area (Å²) in [6.07, 6.45) is 0. The lowest BCUT2D eigenvalue weighted by atomic mass is 9.95. The lowest BCUT2D eigenvalue weighted by Crippen LogP contribution is -2.29. The van der Waals surface area contributed by atoms with E-state index in [0.717, 1.165) is 5.56 Å². The van der Waals surface area contributed by atoms with Crippen LogP contribution in [0.2, 0.25) is 5.02 Å². The Morgan fingerprint density at radius 2 is 1.68 bits per heavy atom. The van der Waals surface area contributed by atoms with E-state index < -0.39 is 17.7 Å². The maximum Gasteiger partial charge on any atom is 0.300 e. The van der Waals surface area contributed by atoms with Gasteiger partial charge in [-0.15, -0.1) is 0 Å². The number of carbonyl (C=O) groups is 2. The molecule has 1 heterocycles. The number of rotatable bonds is 4. The van der Waals surface area contributed by atoms with Crippen molar-refractivity contribution >= 4 is 34.7 Å². The lowest BCUT2D eigenvalue weighted by Gasteiger charge is -2.25. The van der Waals surface area contributed by atoms with Crippen LogP contribution in [0, 0.1) is 6.92 Å². The number of aryl methyl sites for hydroxylation is 1. The van der Waals surface area contributed by atoms with Gasteiger partial charge in [-0.3, -0.25) is 14.5 Å². The monoisotopic (exact) mass is 433 g/mol. The summed E-state index contributed by atoms with van der Waals surface area (Å²) < 4.78 is 5.23. The van der Waals surface area contributed by atoms with Crippen molar-refractivity contribution in [2.45, 2.75) is 13.0 Å². The number of carbonyl (C=O) groups excluding carboxylic acids is 2. The van der Waals surface area contributed by atoms with Crippen LogP contribution in [-0.4, -0.2) is 23.9 Å². The summed E-state index contributed by atoms with van der Waals surface area (Å²) in [4.78, 5) is 27.6. The number of anilines is 1. The zero-order valence-corrected chi connectivity index (χ0v) is 17.8. The van der Waals surface area contributed by atoms with E-state index in [1.165, 1.54) is 12.0 Å². The Morgan fingerprint density at radius 3 is 2.32 bits per heavy atom. The lowest BCUT2D eigenvalue weighted by molar-refractivity contribution is -0.132. The van der Waals surface area contributed by atoms with E-state index in [0.29, 0.717) is 27.6 Å². The molecule has 0 bridgehead atoms. The average Bonchev–Trinajstić information content (AvgIpc) is 3.05. The summed E-state index contributed by atoms with van der Waals surface area (Å²) in [6, 6.07) is 20.4. The van der Waals surface area contributed by atoms with Gasteiger partial charge in [0.05, 0.1) is 23.7 Å². The Morgan fingerprint density at radius 1 is 1.00 bits per heavy atom. The molecule has 1 aliphatic heterocycles. The molecule has 6 heteroatoms. The molecule has 0 aromatic heterocycles. The molecule has 0 radical (unpaired) electrons. The Balaban J connectivity index is 1.93. The standard InChI is InChI=1S/C25H20ClNO4/c1-15-8-11-18(12-9-15)27-22(16-6-4-3-5-7-16)21(24(29)25(27)30)23(28)17-10-13-19(26)20(14-17)31-2/h3-14,22,28H,1-2H3/b23-21-. The number of ketones is 1. The molecule has 1 N–H and O–H groups in total. The minimum absolute atomic E-state index is 0.0150. The fraction of sp³-hybridized carbons (Fsp3) is 0.120. The van der Waals surface area contributed by atoms with Crippen molar-refractivity contribution in [3.8, 4) is 5.75 Å². The van der Waals surface area contributed by atoms with Crippen LogP contribution in [0.1, 0.15) is 22.7 Å². The number of hydrogen-bond acceptors (Lipinski definition) is 4. The third-order valence-corrected chi connectivity index (χ3v) is 5.61. The van der Waals surface area contributed by atoms with Crippen LogP contribution in [-0.2, 0) is 9.59 Å². The molecule has 5 nitrogen and oxygen atoms in total. The topological polar surface area (TPSA) is 66.8 Å². The molecule has 1 fully saturated rings. The van der Waals surface area contributed by atoms with Crippen LogP contribution in [0.15, 0.2) is 78.4 Å². The van der Waals surface area contributed by atoms with Gasteiger partial charge in [-0.05, 0) is 42.8 Å². The molecule has 3 aromatic rings. The van der Waals surface area contributed by atoms with Crippen molar-refractivity contribution < 1.29 is 19.4 Å². The second-order valence-electron chi connectivity index (χ2n) is 7.26. The average molecular weight is 434 g/mol. The maximum absolute atomic E-state index is 13.1. The summed E-state index contributed by atoms with van der Waals surface area (Å²) in [5.74, 6) is -1.37. The van der Waals surface area contributed by atoms with Crippen molar-refractivity contribution in [2.24, 2.45) is 0 Å². The fourth-order valence-electron chi connectivity index (χ4n) is 3.72. The van der Waals surface area contributed by atoms with E-state index >= 15 is 0 Å². The number of ether oxygens (including phenoxy) is 1. The van der Waals surface area contributed by atoms with E-state index in [1.807, 2.05) is 49.4 Å². The molecule has 31 heavy (non-hydrogen) atoms. The number of nitrogens with zero attached hydrogens (tertiary/aromatic N) is 1. The molecule has 0 spiro atoms. The number of aliphatic hydroxyl groups is 1. The second kappa shape index (κ2) is 8.28. The van der Waals surface area contributed by atoms with Gasteiger partial charge >= 0.3 is 0 Å². The number of hydrogen-bond donors (Lipinski definition) is 1. The van der Waals surface area contributed by atoms with Gasteiger partial charge in [0.15, 0.2) is 0 Å². The first-order chi connectivity index (χ1) is 14.9. The molecule has 1 unspecified atom stereocenters. The van der Waals surface area contributed by atoms with Crippen LogP contribution >= 0.6 is 11.6 Å². The van der Waals surface area contributed by atoms with Crippen LogP contribution in [0.25, 0.3) is 5.76 Å². The summed E-state index contributed by atoms with van der Waals surface area (Å²) in [6.45, 7) is 1.94. The molecular weight excluding hydrogens is 414 g/mol. The van der Waals surface area contributed by atoms with E-state index in [1.54, 1.807) is 30.3 Å². The van der Waals surface area contributed by atoms with Crippen molar-refractivity contribution in [3.63, 3.8) is 0 Å². The predicted molar refractivity (Wildman–Crippen MR) is 120 cm³/mol. The predicted octanol–water partition coefficient (Wildman–Crippen LogP) is 5.28. The summed E-state index contributed by atoms with van der Waals surface area (Å²) in [7, 11) is 1.46. The number of amides is 1. The number of halogens is 1. The summed E-state index contributed by atoms with van der Waals surface area (Å²) in [5.41, 5.74) is 2.68. The smallest absolute Gasteiger partial charge is 0.300 e. The third-order valence-electron chi connectivity index (χ3n) is 5.30. The fourth-order valence-corrected chi connectivity index (χ4v) is 3.91. The largest absolute Gasteiger partial charge is 0.507 e. The number of Topliss-reactive ketones (excluding diaryl/α,β-unsaturated/α-hetero) is 1. The molecule has 1 saturated heterocycles. The van der Waals surface area contributed by atoms with Crippen molar-refractivity contribution in [3.05, 3.63) is 100 Å². The van der Waals surface area contributed by atoms with Crippen LogP contribution in [0.4, 0.5) is 5.69 Å². The van der Waals surface area contributed by atoms with Gasteiger partial charge in [-0.2, -0.15) is 0 Å². The zero-order valence-electron chi connectivity index (χ0n) is 17.0. The highest BCUT2D eigenvalue weighted by atomic mass is 35.5. The van der Waals surface area contributed by atoms with E-state index in [2.05, 4.69) is 0 Å². The van der Waals surface area contributed by atoms with Gasteiger partial charge in [0.1, 0.15) is 11.5 Å². The zero-order chi connectivity index (χ0) is 22.1. The highest BCUT2D eigenvalue weighted by molar-refractivity contribution is 6.51. The summed E-state index contributed by atoms with van der Waals surface area (Å²) in [5, 5.41) is 11.5. The second-order valence-corrected chi connectivity index (χ2v) is 7.67. The molecule has 1 amide bonds. The van der Waals surface area contributed by atoms with Crippen LogP contribution < -0.4 is 9.64 Å². The molecule has 3 aromatic carbocycles. The number of benzene rings is 3. The first-order valence-corrected chi connectivity index (χ1v) is 10.1. The van der Waals surface area contributed by atoms with Gasteiger partial charge < -0.3 is 9.84 Å². The van der Waals surface area contributed by atoms with Crippen molar-refractivity contribution in [2.75, 3.05) is 12.0 Å². The molecule has 1 atom stereocenters. The SMILES string of the molecule is COc1cc(/C(O)=C2/C(=O)C(=O)N(c3ccc(C)cc3)C2c2ccccc2)ccc1Cl. The number of methoxy groups -OCH3 is 1. The van der Waals surface area contributed by atoms with Crippen molar-refractivity contribution in [1.29, 1.82) is 0 Å². The quantitative estimate of drug-likeness (QED) is 0.345. The first kappa shape index (κ1) is 20.7. The Kier molecular flexibility index (Phi) is 5.53. The van der Waals surface area contributed by atoms with E-state index in [-0.39, 0.29) is 11.3 Å². The van der Waals surface area contributed by atoms with Crippen molar-refractivity contribution in [1.82, 2.24) is 0 Å². The Labute approximate surface area is 185 Å². The van der Waals surface area contributed by atoms with Crippen LogP contribution in [0.3, 0.4) is 0 Å². The first-order valence-electron chi connectivity index (χ1n) is 9.69. The van der Waals surface area contributed by atoms with Gasteiger partial charge in [-0.1, -0.05) is 59.6 Å². The Hall–Kier alpha value is -3.57. The molecule has 0 aliphatic carbocycles. The molecule has 1 aliphatic rings. The van der Waals surface area contributed by atoms with Crippen LogP contribution in [0.5, 0.6) is 5.75 Å². The normalized spacial score (nSPS) is 17.8. The van der Waals surface area contributed by atoms with E-state index in [9.17, 15) is 14.7 Å². The molecule has 156 valence electrons. The number of aliphatic hydroxyl groups excluding tert-OH is 1. The minimum Gasteiger partial charge on any atom is -0.507 e.